The predicted octanol–water partition coefficient (Wildman–Crippen LogP) is 9.29. The summed E-state index contributed by atoms with van der Waals surface area (Å²) in [6, 6.07) is 42.7. The van der Waals surface area contributed by atoms with E-state index in [1.165, 1.54) is 0 Å². The van der Waals surface area contributed by atoms with Crippen molar-refractivity contribution in [2.45, 2.75) is 0 Å². The van der Waals surface area contributed by atoms with Crippen molar-refractivity contribution >= 4 is 43.6 Å². The molecule has 0 fully saturated rings. The van der Waals surface area contributed by atoms with Crippen molar-refractivity contribution in [1.29, 1.82) is 0 Å². The van der Waals surface area contributed by atoms with E-state index in [9.17, 15) is 0 Å². The Morgan fingerprint density at radius 2 is 0.585 bits per heavy atom. The first kappa shape index (κ1) is 24.0. The van der Waals surface area contributed by atoms with E-state index in [4.69, 9.17) is 9.97 Å². The average Bonchev–Trinajstić information content (AvgIpc) is 3.73. The molecule has 2 aliphatic rings. The Bertz CT molecular complexity index is 2020. The summed E-state index contributed by atoms with van der Waals surface area (Å²) in [5.41, 5.74) is 12.5. The van der Waals surface area contributed by atoms with Gasteiger partial charge in [0.1, 0.15) is 0 Å². The first-order valence-corrected chi connectivity index (χ1v) is 13.5. The summed E-state index contributed by atoms with van der Waals surface area (Å²) in [6.07, 6.45) is 0. The van der Waals surface area contributed by atoms with E-state index in [0.717, 1.165) is 88.6 Å². The minimum atomic E-state index is 0. The van der Waals surface area contributed by atoms with Crippen molar-refractivity contribution in [1.82, 2.24) is 19.9 Å². The predicted molar refractivity (Wildman–Crippen MR) is 165 cm³/mol. The minimum Gasteiger partial charge on any atom is -0.354 e. The number of hydrogen-bond donors (Lipinski definition) is 2. The van der Waals surface area contributed by atoms with Crippen LogP contribution in [0.2, 0.25) is 0 Å². The Labute approximate surface area is 249 Å². The zero-order chi connectivity index (χ0) is 26.2. The summed E-state index contributed by atoms with van der Waals surface area (Å²) >= 11 is 0. The van der Waals surface area contributed by atoms with Crippen LogP contribution in [0.3, 0.4) is 0 Å². The molecule has 0 unspecified atom stereocenters. The summed E-state index contributed by atoms with van der Waals surface area (Å²) in [5.74, 6) is 0. The fourth-order valence-corrected chi connectivity index (χ4v) is 6.27. The largest absolute Gasteiger partial charge is 1.00 e. The van der Waals surface area contributed by atoms with Gasteiger partial charge in [-0.2, -0.15) is 0 Å². The number of rotatable bonds is 0. The van der Waals surface area contributed by atoms with Crippen molar-refractivity contribution in [3.63, 3.8) is 0 Å². The maximum absolute atomic E-state index is 5.17. The molecule has 8 bridgehead atoms. The van der Waals surface area contributed by atoms with Gasteiger partial charge in [0, 0.05) is 65.9 Å². The first-order chi connectivity index (χ1) is 19.8. The molecule has 2 aliphatic heterocycles. The van der Waals surface area contributed by atoms with Crippen molar-refractivity contribution in [3.05, 3.63) is 121 Å². The van der Waals surface area contributed by atoms with Crippen LogP contribution in [0.5, 0.6) is 0 Å². The molecule has 7 aromatic rings. The van der Waals surface area contributed by atoms with E-state index >= 15 is 0 Å². The van der Waals surface area contributed by atoms with Crippen LogP contribution in [0.4, 0.5) is 0 Å². The van der Waals surface area contributed by atoms with Crippen LogP contribution in [0.1, 0.15) is 0 Å². The molecule has 4 nitrogen and oxygen atoms in total. The van der Waals surface area contributed by atoms with Gasteiger partial charge in [-0.05, 0) is 24.3 Å². The van der Waals surface area contributed by atoms with Gasteiger partial charge in [-0.3, -0.25) is 0 Å². The molecular weight excluding hydrogens is 595 g/mol. The monoisotopic (exact) mass is 616 g/mol. The molecule has 2 N–H and O–H groups in total. The molecule has 1 radical (unpaired) electrons. The van der Waals surface area contributed by atoms with Crippen molar-refractivity contribution in [2.75, 3.05) is 0 Å². The molecular formula is C36H22N4Pd+. The van der Waals surface area contributed by atoms with Crippen LogP contribution in [-0.2, 0) is 20.4 Å². The topological polar surface area (TPSA) is 57.4 Å². The zero-order valence-corrected chi connectivity index (χ0v) is 23.3. The van der Waals surface area contributed by atoms with Crippen molar-refractivity contribution < 1.29 is 20.4 Å². The SMILES string of the molecule is [Pd+].c1ccc2c(c1)-c1cc3[nH]c(cc4nc(cc5[nH]c(cc-2n1)c1ccccc51)-c1ccccc1-4)c1ccccc31. The fraction of sp³-hybridized carbons (Fsp3) is 0. The third-order valence-electron chi connectivity index (χ3n) is 8.12. The molecule has 4 aromatic carbocycles. The zero-order valence-electron chi connectivity index (χ0n) is 21.8. The molecule has 195 valence electrons. The number of nitrogens with zero attached hydrogens (tertiary/aromatic N) is 2. The van der Waals surface area contributed by atoms with E-state index in [0.29, 0.717) is 0 Å². The molecule has 0 aliphatic carbocycles. The third-order valence-corrected chi connectivity index (χ3v) is 8.12. The number of aromatic nitrogens is 4. The van der Waals surface area contributed by atoms with Gasteiger partial charge in [-0.1, -0.05) is 97.1 Å². The Morgan fingerprint density at radius 3 is 0.854 bits per heavy atom. The number of H-pyrrole nitrogens is 2. The number of fused-ring (bicyclic) bond motifs is 20. The molecule has 0 saturated heterocycles. The average molecular weight is 617 g/mol. The van der Waals surface area contributed by atoms with Crippen LogP contribution in [0.25, 0.3) is 88.6 Å². The first-order valence-electron chi connectivity index (χ1n) is 13.5. The second kappa shape index (κ2) is 9.11. The fourth-order valence-electron chi connectivity index (χ4n) is 6.27. The van der Waals surface area contributed by atoms with E-state index in [1.807, 2.05) is 0 Å². The van der Waals surface area contributed by atoms with E-state index < -0.39 is 0 Å². The number of nitrogens with one attached hydrogen (secondary N) is 2. The minimum absolute atomic E-state index is 0. The summed E-state index contributed by atoms with van der Waals surface area (Å²) in [4.78, 5) is 17.8. The third kappa shape index (κ3) is 3.64. The van der Waals surface area contributed by atoms with Crippen LogP contribution in [0.15, 0.2) is 121 Å². The molecule has 5 heterocycles. The van der Waals surface area contributed by atoms with Crippen LogP contribution < -0.4 is 0 Å². The maximum Gasteiger partial charge on any atom is 1.00 e. The van der Waals surface area contributed by atoms with Crippen LogP contribution in [-0.4, -0.2) is 19.9 Å². The Kier molecular flexibility index (Phi) is 5.34. The van der Waals surface area contributed by atoms with Gasteiger partial charge >= 0.3 is 20.4 Å². The molecule has 9 rings (SSSR count). The van der Waals surface area contributed by atoms with Crippen molar-refractivity contribution in [2.24, 2.45) is 0 Å². The van der Waals surface area contributed by atoms with Gasteiger partial charge in [0.2, 0.25) is 0 Å². The number of aromatic amines is 2. The van der Waals surface area contributed by atoms with E-state index in [2.05, 4.69) is 131 Å². The Balaban J connectivity index is 0.00000256. The quantitative estimate of drug-likeness (QED) is 0.167. The van der Waals surface area contributed by atoms with Crippen LogP contribution >= 0.6 is 0 Å². The van der Waals surface area contributed by atoms with Gasteiger partial charge < -0.3 is 9.97 Å². The molecule has 0 spiro atoms. The van der Waals surface area contributed by atoms with Gasteiger partial charge in [0.15, 0.2) is 0 Å². The Hall–Kier alpha value is -4.82. The normalized spacial score (nSPS) is 11.7. The van der Waals surface area contributed by atoms with Crippen molar-refractivity contribution in [3.8, 4) is 45.0 Å². The van der Waals surface area contributed by atoms with E-state index in [-0.39, 0.29) is 20.4 Å². The number of benzene rings is 4. The smallest absolute Gasteiger partial charge is 0.354 e. The standard InChI is InChI=1S/C36H22N4.Pd/c1-2-10-22-21(9-1)29-17-31-23-11-3-4-12-24(23)33(38-31)19-35-27-15-7-8-16-28(27)36(40-35)20-34-26-14-6-5-13-25(26)32(39-34)18-30(22)37-29;/h1-20,37,40H;/q;+1. The second-order valence-corrected chi connectivity index (χ2v) is 10.4. The molecule has 0 amide bonds. The maximum atomic E-state index is 5.17. The van der Waals surface area contributed by atoms with Gasteiger partial charge in [0.25, 0.3) is 0 Å². The van der Waals surface area contributed by atoms with Gasteiger partial charge in [-0.15, -0.1) is 0 Å². The summed E-state index contributed by atoms with van der Waals surface area (Å²) in [6.45, 7) is 0. The molecule has 0 saturated carbocycles. The van der Waals surface area contributed by atoms with Gasteiger partial charge in [-0.25, -0.2) is 9.97 Å². The molecule has 5 heteroatoms. The second-order valence-electron chi connectivity index (χ2n) is 10.4. The summed E-state index contributed by atoms with van der Waals surface area (Å²) < 4.78 is 0. The summed E-state index contributed by atoms with van der Waals surface area (Å²) in [7, 11) is 0. The molecule has 0 atom stereocenters. The number of hydrogen-bond acceptors (Lipinski definition) is 2. The summed E-state index contributed by atoms with van der Waals surface area (Å²) in [5, 5.41) is 4.66. The molecule has 41 heavy (non-hydrogen) atoms. The Morgan fingerprint density at radius 1 is 0.341 bits per heavy atom. The molecule has 3 aromatic heterocycles. The van der Waals surface area contributed by atoms with E-state index in [1.54, 1.807) is 0 Å². The van der Waals surface area contributed by atoms with Gasteiger partial charge in [0.05, 0.1) is 22.8 Å². The van der Waals surface area contributed by atoms with Crippen LogP contribution in [0, 0.1) is 0 Å².